The number of aromatic nitrogens is 1. The Morgan fingerprint density at radius 2 is 1.80 bits per heavy atom. The van der Waals surface area contributed by atoms with Crippen LogP contribution in [0.4, 0.5) is 0 Å². The minimum atomic E-state index is 0.214. The van der Waals surface area contributed by atoms with Gasteiger partial charge in [0.2, 0.25) is 0 Å². The number of nitrogens with zero attached hydrogens (tertiary/aromatic N) is 1. The summed E-state index contributed by atoms with van der Waals surface area (Å²) in [5.74, 6) is 0. The number of fused-ring (bicyclic) bond motifs is 1. The average molecular weight is 273 g/mol. The third-order valence-electron chi connectivity index (χ3n) is 3.39. The largest absolute Gasteiger partial charge is 0.347 e. The molecule has 0 unspecified atom stereocenters. The highest BCUT2D eigenvalue weighted by molar-refractivity contribution is 5.79. The molecule has 3 heteroatoms. The van der Waals surface area contributed by atoms with Crippen LogP contribution in [-0.4, -0.2) is 29.7 Å². The van der Waals surface area contributed by atoms with E-state index in [0.29, 0.717) is 0 Å². The van der Waals surface area contributed by atoms with Gasteiger partial charge in [-0.2, -0.15) is 0 Å². The summed E-state index contributed by atoms with van der Waals surface area (Å²) in [6.07, 6.45) is 3.35. The highest BCUT2D eigenvalue weighted by Gasteiger charge is 2.06. The maximum atomic E-state index is 3.49. The van der Waals surface area contributed by atoms with E-state index in [1.807, 2.05) is 0 Å². The minimum Gasteiger partial charge on any atom is -0.347 e. The smallest absolute Gasteiger partial charge is 0.0480 e. The van der Waals surface area contributed by atoms with E-state index in [1.165, 1.54) is 10.9 Å². The quantitative estimate of drug-likeness (QED) is 0.759. The summed E-state index contributed by atoms with van der Waals surface area (Å²) in [4.78, 5) is 0. The first-order valence-corrected chi connectivity index (χ1v) is 7.56. The van der Waals surface area contributed by atoms with Gasteiger partial charge < -0.3 is 15.2 Å². The molecule has 0 aliphatic heterocycles. The number of nitrogens with one attached hydrogen (secondary N) is 2. The fourth-order valence-electron chi connectivity index (χ4n) is 2.36. The van der Waals surface area contributed by atoms with Crippen LogP contribution in [0.2, 0.25) is 0 Å². The zero-order valence-corrected chi connectivity index (χ0v) is 12.9. The van der Waals surface area contributed by atoms with E-state index < -0.39 is 0 Å². The minimum absolute atomic E-state index is 0.214. The molecule has 1 aromatic heterocycles. The van der Waals surface area contributed by atoms with Crippen molar-refractivity contribution < 1.29 is 0 Å². The molecular weight excluding hydrogens is 246 g/mol. The first kappa shape index (κ1) is 15.1. The van der Waals surface area contributed by atoms with Crippen LogP contribution < -0.4 is 10.6 Å². The van der Waals surface area contributed by atoms with Crippen molar-refractivity contribution in [3.63, 3.8) is 0 Å². The van der Waals surface area contributed by atoms with E-state index in [-0.39, 0.29) is 5.54 Å². The van der Waals surface area contributed by atoms with Crippen LogP contribution in [-0.2, 0) is 6.54 Å². The van der Waals surface area contributed by atoms with Crippen molar-refractivity contribution in [3.8, 4) is 0 Å². The van der Waals surface area contributed by atoms with Crippen LogP contribution in [0.1, 0.15) is 27.2 Å². The number of hydrogen-bond acceptors (Lipinski definition) is 2. The lowest BCUT2D eigenvalue weighted by Gasteiger charge is -2.20. The first-order valence-electron chi connectivity index (χ1n) is 7.56. The van der Waals surface area contributed by atoms with Crippen LogP contribution in [0.25, 0.3) is 10.9 Å². The summed E-state index contributed by atoms with van der Waals surface area (Å²) in [5, 5.41) is 8.30. The molecule has 110 valence electrons. The van der Waals surface area contributed by atoms with Crippen molar-refractivity contribution in [1.82, 2.24) is 15.2 Å². The molecule has 0 aliphatic rings. The Morgan fingerprint density at radius 3 is 2.60 bits per heavy atom. The molecule has 0 spiro atoms. The normalized spacial score (nSPS) is 12.2. The number of para-hydroxylation sites is 1. The maximum absolute atomic E-state index is 3.49. The van der Waals surface area contributed by atoms with Gasteiger partial charge in [0, 0.05) is 36.9 Å². The molecule has 1 heterocycles. The van der Waals surface area contributed by atoms with Crippen LogP contribution in [0.5, 0.6) is 0 Å². The molecule has 2 aromatic rings. The molecule has 0 saturated heterocycles. The number of rotatable bonds is 7. The number of hydrogen-bond donors (Lipinski definition) is 2. The van der Waals surface area contributed by atoms with Gasteiger partial charge in [0.05, 0.1) is 0 Å². The van der Waals surface area contributed by atoms with Gasteiger partial charge in [0.1, 0.15) is 0 Å². The molecular formula is C17H27N3. The van der Waals surface area contributed by atoms with Gasteiger partial charge in [-0.25, -0.2) is 0 Å². The second kappa shape index (κ2) is 6.91. The third kappa shape index (κ3) is 4.66. The Kier molecular flexibility index (Phi) is 5.21. The zero-order valence-electron chi connectivity index (χ0n) is 12.9. The lowest BCUT2D eigenvalue weighted by molar-refractivity contribution is 0.420. The molecule has 2 rings (SSSR count). The SMILES string of the molecule is CC(C)(C)NCCNCCCn1ccc2ccccc21. The molecule has 1 aromatic carbocycles. The summed E-state index contributed by atoms with van der Waals surface area (Å²) in [6, 6.07) is 10.7. The third-order valence-corrected chi connectivity index (χ3v) is 3.39. The van der Waals surface area contributed by atoms with Crippen LogP contribution >= 0.6 is 0 Å². The van der Waals surface area contributed by atoms with Crippen molar-refractivity contribution in [3.05, 3.63) is 36.5 Å². The van der Waals surface area contributed by atoms with E-state index in [1.54, 1.807) is 0 Å². The van der Waals surface area contributed by atoms with E-state index in [2.05, 4.69) is 72.5 Å². The first-order chi connectivity index (χ1) is 9.56. The van der Waals surface area contributed by atoms with E-state index in [9.17, 15) is 0 Å². The molecule has 0 saturated carbocycles. The molecule has 20 heavy (non-hydrogen) atoms. The van der Waals surface area contributed by atoms with Crippen LogP contribution in [0, 0.1) is 0 Å². The molecule has 0 amide bonds. The van der Waals surface area contributed by atoms with Gasteiger partial charge >= 0.3 is 0 Å². The molecule has 0 atom stereocenters. The summed E-state index contributed by atoms with van der Waals surface area (Å²) >= 11 is 0. The van der Waals surface area contributed by atoms with Crippen molar-refractivity contribution in [1.29, 1.82) is 0 Å². The Balaban J connectivity index is 1.64. The maximum Gasteiger partial charge on any atom is 0.0480 e. The predicted octanol–water partition coefficient (Wildman–Crippen LogP) is 3.01. The van der Waals surface area contributed by atoms with Gasteiger partial charge in [0.25, 0.3) is 0 Å². The second-order valence-corrected chi connectivity index (χ2v) is 6.35. The second-order valence-electron chi connectivity index (χ2n) is 6.35. The van der Waals surface area contributed by atoms with Crippen LogP contribution in [0.15, 0.2) is 36.5 Å². The molecule has 3 nitrogen and oxygen atoms in total. The van der Waals surface area contributed by atoms with Gasteiger partial charge in [0.15, 0.2) is 0 Å². The highest BCUT2D eigenvalue weighted by atomic mass is 15.0. The topological polar surface area (TPSA) is 29.0 Å². The fraction of sp³-hybridized carbons (Fsp3) is 0.529. The number of aryl methyl sites for hydroxylation is 1. The summed E-state index contributed by atoms with van der Waals surface area (Å²) < 4.78 is 2.34. The van der Waals surface area contributed by atoms with Gasteiger partial charge in [-0.15, -0.1) is 0 Å². The van der Waals surface area contributed by atoms with Gasteiger partial charge in [-0.05, 0) is 51.3 Å². The van der Waals surface area contributed by atoms with Crippen molar-refractivity contribution >= 4 is 10.9 Å². The highest BCUT2D eigenvalue weighted by Crippen LogP contribution is 2.15. The predicted molar refractivity (Wildman–Crippen MR) is 87.2 cm³/mol. The summed E-state index contributed by atoms with van der Waals surface area (Å²) in [7, 11) is 0. The van der Waals surface area contributed by atoms with Crippen LogP contribution in [0.3, 0.4) is 0 Å². The molecule has 0 aliphatic carbocycles. The Bertz CT molecular complexity index is 522. The zero-order chi connectivity index (χ0) is 14.4. The summed E-state index contributed by atoms with van der Waals surface area (Å²) in [5.41, 5.74) is 1.55. The number of benzene rings is 1. The van der Waals surface area contributed by atoms with Gasteiger partial charge in [-0.1, -0.05) is 18.2 Å². The Morgan fingerprint density at radius 1 is 1.00 bits per heavy atom. The van der Waals surface area contributed by atoms with Crippen molar-refractivity contribution in [2.45, 2.75) is 39.3 Å². The Labute approximate surface area is 122 Å². The molecule has 0 radical (unpaired) electrons. The standard InChI is InChI=1S/C17H27N3/c1-17(2,3)19-12-11-18-10-6-13-20-14-9-15-7-4-5-8-16(15)20/h4-5,7-9,14,18-19H,6,10-13H2,1-3H3. The van der Waals surface area contributed by atoms with E-state index in [0.717, 1.165) is 32.6 Å². The lowest BCUT2D eigenvalue weighted by atomic mass is 10.1. The lowest BCUT2D eigenvalue weighted by Crippen LogP contribution is -2.40. The molecule has 0 bridgehead atoms. The monoisotopic (exact) mass is 273 g/mol. The fourth-order valence-corrected chi connectivity index (χ4v) is 2.36. The van der Waals surface area contributed by atoms with E-state index in [4.69, 9.17) is 0 Å². The van der Waals surface area contributed by atoms with E-state index >= 15 is 0 Å². The summed E-state index contributed by atoms with van der Waals surface area (Å²) in [6.45, 7) is 10.8. The molecule has 2 N–H and O–H groups in total. The van der Waals surface area contributed by atoms with Crippen molar-refractivity contribution in [2.75, 3.05) is 19.6 Å². The average Bonchev–Trinajstić information content (AvgIpc) is 2.80. The molecule has 0 fully saturated rings. The Hall–Kier alpha value is -1.32. The van der Waals surface area contributed by atoms with Gasteiger partial charge in [-0.3, -0.25) is 0 Å². The van der Waals surface area contributed by atoms with Crippen molar-refractivity contribution in [2.24, 2.45) is 0 Å².